The third-order valence-corrected chi connectivity index (χ3v) is 3.91. The highest BCUT2D eigenvalue weighted by Gasteiger charge is 2.13. The number of carbonyl (C=O) groups excluding carboxylic acids is 1. The molecule has 0 fully saturated rings. The van der Waals surface area contributed by atoms with Crippen molar-refractivity contribution in [2.45, 2.75) is 26.7 Å². The highest BCUT2D eigenvalue weighted by molar-refractivity contribution is 5.98. The first-order chi connectivity index (χ1) is 10.6. The van der Waals surface area contributed by atoms with Crippen LogP contribution in [-0.2, 0) is 0 Å². The summed E-state index contributed by atoms with van der Waals surface area (Å²) in [7, 11) is 0. The van der Waals surface area contributed by atoms with E-state index in [1.165, 1.54) is 0 Å². The van der Waals surface area contributed by atoms with E-state index in [-0.39, 0.29) is 12.5 Å². The quantitative estimate of drug-likeness (QED) is 0.820. The molecule has 1 amide bonds. The zero-order chi connectivity index (χ0) is 15.9. The van der Waals surface area contributed by atoms with Gasteiger partial charge in [-0.05, 0) is 47.6 Å². The van der Waals surface area contributed by atoms with Crippen molar-refractivity contribution in [3.05, 3.63) is 48.0 Å². The molecule has 0 heterocycles. The lowest BCUT2D eigenvalue weighted by Gasteiger charge is -2.18. The smallest absolute Gasteiger partial charge is 0.251 e. The minimum Gasteiger partial charge on any atom is -0.396 e. The fourth-order valence-electron chi connectivity index (χ4n) is 2.82. The Labute approximate surface area is 132 Å². The Bertz CT molecular complexity index is 622. The van der Waals surface area contributed by atoms with Crippen LogP contribution in [0, 0.1) is 11.8 Å². The van der Waals surface area contributed by atoms with Gasteiger partial charge in [-0.15, -0.1) is 0 Å². The van der Waals surface area contributed by atoms with Gasteiger partial charge in [0.15, 0.2) is 0 Å². The van der Waals surface area contributed by atoms with E-state index in [9.17, 15) is 4.79 Å². The first-order valence-corrected chi connectivity index (χ1v) is 7.98. The Kier molecular flexibility index (Phi) is 5.96. The maximum atomic E-state index is 12.3. The second kappa shape index (κ2) is 7.95. The lowest BCUT2D eigenvalue weighted by molar-refractivity contribution is 0.0941. The number of aliphatic hydroxyl groups is 1. The number of hydrogen-bond acceptors (Lipinski definition) is 2. The number of amides is 1. The van der Waals surface area contributed by atoms with Crippen LogP contribution in [0.15, 0.2) is 42.5 Å². The van der Waals surface area contributed by atoms with Crippen molar-refractivity contribution in [1.29, 1.82) is 0 Å². The van der Waals surface area contributed by atoms with Gasteiger partial charge in [-0.3, -0.25) is 4.79 Å². The Balaban J connectivity index is 2.00. The number of fused-ring (bicyclic) bond motifs is 1. The second-order valence-corrected chi connectivity index (χ2v) is 6.28. The van der Waals surface area contributed by atoms with E-state index in [0.717, 1.165) is 23.6 Å². The zero-order valence-corrected chi connectivity index (χ0v) is 13.4. The first kappa shape index (κ1) is 16.5. The molecule has 0 aliphatic rings. The fourth-order valence-corrected chi connectivity index (χ4v) is 2.82. The molecule has 2 aromatic rings. The molecule has 1 atom stereocenters. The lowest BCUT2D eigenvalue weighted by Crippen LogP contribution is -2.30. The number of aliphatic hydroxyl groups excluding tert-OH is 1. The van der Waals surface area contributed by atoms with Crippen molar-refractivity contribution >= 4 is 16.7 Å². The summed E-state index contributed by atoms with van der Waals surface area (Å²) in [6.07, 6.45) is 1.74. The van der Waals surface area contributed by atoms with E-state index in [1.807, 2.05) is 42.5 Å². The molecule has 3 nitrogen and oxygen atoms in total. The molecule has 0 saturated heterocycles. The van der Waals surface area contributed by atoms with Gasteiger partial charge in [0.2, 0.25) is 0 Å². The van der Waals surface area contributed by atoms with Gasteiger partial charge in [0.1, 0.15) is 0 Å². The molecule has 0 radical (unpaired) electrons. The summed E-state index contributed by atoms with van der Waals surface area (Å²) >= 11 is 0. The van der Waals surface area contributed by atoms with Crippen LogP contribution < -0.4 is 5.32 Å². The average molecular weight is 299 g/mol. The van der Waals surface area contributed by atoms with Crippen molar-refractivity contribution in [1.82, 2.24) is 5.32 Å². The molecule has 0 spiro atoms. The van der Waals surface area contributed by atoms with Gasteiger partial charge in [-0.25, -0.2) is 0 Å². The van der Waals surface area contributed by atoms with Gasteiger partial charge in [0.25, 0.3) is 5.91 Å². The van der Waals surface area contributed by atoms with E-state index >= 15 is 0 Å². The minimum absolute atomic E-state index is 0.0440. The first-order valence-electron chi connectivity index (χ1n) is 7.98. The van der Waals surface area contributed by atoms with Crippen molar-refractivity contribution in [2.75, 3.05) is 13.2 Å². The van der Waals surface area contributed by atoms with Gasteiger partial charge >= 0.3 is 0 Å². The third-order valence-electron chi connectivity index (χ3n) is 3.91. The van der Waals surface area contributed by atoms with E-state index < -0.39 is 0 Å². The van der Waals surface area contributed by atoms with Crippen LogP contribution in [0.2, 0.25) is 0 Å². The van der Waals surface area contributed by atoms with Crippen LogP contribution in [0.25, 0.3) is 10.8 Å². The Hall–Kier alpha value is -1.87. The fraction of sp³-hybridized carbons (Fsp3) is 0.421. The molecular weight excluding hydrogens is 274 g/mol. The van der Waals surface area contributed by atoms with E-state index in [0.29, 0.717) is 23.9 Å². The summed E-state index contributed by atoms with van der Waals surface area (Å²) < 4.78 is 0. The normalized spacial score (nSPS) is 12.5. The van der Waals surface area contributed by atoms with Crippen molar-refractivity contribution in [3.63, 3.8) is 0 Å². The van der Waals surface area contributed by atoms with Gasteiger partial charge < -0.3 is 10.4 Å². The van der Waals surface area contributed by atoms with Crippen LogP contribution in [0.1, 0.15) is 37.0 Å². The molecule has 118 valence electrons. The van der Waals surface area contributed by atoms with E-state index in [1.54, 1.807) is 0 Å². The Morgan fingerprint density at radius 1 is 1.14 bits per heavy atom. The van der Waals surface area contributed by atoms with Crippen LogP contribution >= 0.6 is 0 Å². The predicted molar refractivity (Wildman–Crippen MR) is 90.9 cm³/mol. The van der Waals surface area contributed by atoms with Crippen molar-refractivity contribution < 1.29 is 9.90 Å². The summed E-state index contributed by atoms with van der Waals surface area (Å²) in [5.74, 6) is 0.848. The number of benzene rings is 2. The number of nitrogens with one attached hydrogen (secondary N) is 1. The summed E-state index contributed by atoms with van der Waals surface area (Å²) in [6, 6.07) is 13.8. The van der Waals surface area contributed by atoms with Crippen LogP contribution in [0.3, 0.4) is 0 Å². The molecule has 2 N–H and O–H groups in total. The molecule has 0 bridgehead atoms. The van der Waals surface area contributed by atoms with E-state index in [2.05, 4.69) is 19.2 Å². The molecule has 2 rings (SSSR count). The average Bonchev–Trinajstić information content (AvgIpc) is 2.51. The topological polar surface area (TPSA) is 49.3 Å². The monoisotopic (exact) mass is 299 g/mol. The molecule has 0 aliphatic heterocycles. The number of rotatable bonds is 7. The molecule has 1 unspecified atom stereocenters. The Morgan fingerprint density at radius 3 is 2.55 bits per heavy atom. The molecule has 22 heavy (non-hydrogen) atoms. The lowest BCUT2D eigenvalue weighted by atomic mass is 9.94. The number of hydrogen-bond donors (Lipinski definition) is 2. The van der Waals surface area contributed by atoms with Gasteiger partial charge in [0.05, 0.1) is 0 Å². The molecule has 0 aliphatic carbocycles. The SMILES string of the molecule is CC(C)CC(CCO)CNC(=O)c1ccc2ccccc2c1. The molecule has 0 aromatic heterocycles. The summed E-state index contributed by atoms with van der Waals surface area (Å²) in [4.78, 5) is 12.3. The largest absolute Gasteiger partial charge is 0.396 e. The molecular formula is C19H25NO2. The highest BCUT2D eigenvalue weighted by atomic mass is 16.3. The standard InChI is InChI=1S/C19H25NO2/c1-14(2)11-15(9-10-21)13-20-19(22)18-8-7-16-5-3-4-6-17(16)12-18/h3-8,12,14-15,21H,9-11,13H2,1-2H3,(H,20,22). The Morgan fingerprint density at radius 2 is 1.86 bits per heavy atom. The van der Waals surface area contributed by atoms with E-state index in [4.69, 9.17) is 5.11 Å². The molecule has 3 heteroatoms. The molecule has 2 aromatic carbocycles. The zero-order valence-electron chi connectivity index (χ0n) is 13.4. The van der Waals surface area contributed by atoms with Crippen LogP contribution in [-0.4, -0.2) is 24.2 Å². The summed E-state index contributed by atoms with van der Waals surface area (Å²) in [5.41, 5.74) is 0.686. The van der Waals surface area contributed by atoms with Gasteiger partial charge in [-0.1, -0.05) is 44.2 Å². The van der Waals surface area contributed by atoms with Gasteiger partial charge in [-0.2, -0.15) is 0 Å². The molecule has 0 saturated carbocycles. The predicted octanol–water partition coefficient (Wildman–Crippen LogP) is 3.61. The van der Waals surface area contributed by atoms with Crippen molar-refractivity contribution in [3.8, 4) is 0 Å². The number of carbonyl (C=O) groups is 1. The van der Waals surface area contributed by atoms with Gasteiger partial charge in [0, 0.05) is 18.7 Å². The summed E-state index contributed by atoms with van der Waals surface area (Å²) in [5, 5.41) is 14.4. The van der Waals surface area contributed by atoms with Crippen LogP contribution in [0.5, 0.6) is 0 Å². The second-order valence-electron chi connectivity index (χ2n) is 6.28. The maximum Gasteiger partial charge on any atom is 0.251 e. The third kappa shape index (κ3) is 4.57. The maximum absolute atomic E-state index is 12.3. The summed E-state index contributed by atoms with van der Waals surface area (Å²) in [6.45, 7) is 5.11. The van der Waals surface area contributed by atoms with Crippen LogP contribution in [0.4, 0.5) is 0 Å². The minimum atomic E-state index is -0.0440. The van der Waals surface area contributed by atoms with Crippen molar-refractivity contribution in [2.24, 2.45) is 11.8 Å². The highest BCUT2D eigenvalue weighted by Crippen LogP contribution is 2.17.